The second kappa shape index (κ2) is 7.00. The van der Waals surface area contributed by atoms with Crippen LogP contribution in [0.3, 0.4) is 0 Å². The zero-order valence-electron chi connectivity index (χ0n) is 13.3. The summed E-state index contributed by atoms with van der Waals surface area (Å²) in [7, 11) is 0. The van der Waals surface area contributed by atoms with Crippen LogP contribution < -0.4 is 15.4 Å². The van der Waals surface area contributed by atoms with E-state index in [4.69, 9.17) is 4.74 Å². The quantitative estimate of drug-likeness (QED) is 0.856. The largest absolute Gasteiger partial charge is 0.484 e. The van der Waals surface area contributed by atoms with Crippen molar-refractivity contribution in [2.24, 2.45) is 0 Å². The molecule has 0 saturated carbocycles. The van der Waals surface area contributed by atoms with Gasteiger partial charge in [-0.05, 0) is 55.8 Å². The molecule has 0 aliphatic heterocycles. The van der Waals surface area contributed by atoms with E-state index in [0.29, 0.717) is 5.75 Å². The minimum absolute atomic E-state index is 0.223. The summed E-state index contributed by atoms with van der Waals surface area (Å²) in [6.07, 6.45) is 0. The fourth-order valence-electron chi connectivity index (χ4n) is 1.97. The Morgan fingerprint density at radius 1 is 1.09 bits per heavy atom. The Balaban J connectivity index is 1.91. The van der Waals surface area contributed by atoms with Gasteiger partial charge in [0.05, 0.1) is 0 Å². The molecule has 0 saturated heterocycles. The second-order valence-corrected chi connectivity index (χ2v) is 7.11. The van der Waals surface area contributed by atoms with Crippen LogP contribution in [0.25, 0.3) is 10.8 Å². The highest BCUT2D eigenvalue weighted by molar-refractivity contribution is 9.10. The first-order valence-electron chi connectivity index (χ1n) is 7.17. The van der Waals surface area contributed by atoms with Crippen LogP contribution >= 0.6 is 15.9 Å². The van der Waals surface area contributed by atoms with Gasteiger partial charge in [0.15, 0.2) is 6.61 Å². The lowest BCUT2D eigenvalue weighted by Gasteiger charge is -2.20. The maximum atomic E-state index is 11.7. The number of nitrogens with one attached hydrogen (secondary N) is 2. The summed E-state index contributed by atoms with van der Waals surface area (Å²) in [5, 5.41) is 6.96. The maximum Gasteiger partial charge on any atom is 0.321 e. The highest BCUT2D eigenvalue weighted by atomic mass is 79.9. The van der Waals surface area contributed by atoms with E-state index in [1.54, 1.807) is 6.07 Å². The molecular weight excluding hydrogens is 360 g/mol. The monoisotopic (exact) mass is 378 g/mol. The molecular formula is C17H19BrN2O3. The van der Waals surface area contributed by atoms with Crippen LogP contribution in [0, 0.1) is 0 Å². The standard InChI is InChI=1S/C17H19BrN2O3/c1-17(2,3)20-16(22)19-15(21)10-23-14-7-5-11-8-13(18)6-4-12(11)9-14/h4-9H,10H2,1-3H3,(H2,19,20,21,22). The molecule has 2 aromatic rings. The molecule has 0 bridgehead atoms. The first-order chi connectivity index (χ1) is 10.7. The zero-order chi connectivity index (χ0) is 17.0. The summed E-state index contributed by atoms with van der Waals surface area (Å²) in [5.41, 5.74) is -0.405. The molecule has 23 heavy (non-hydrogen) atoms. The van der Waals surface area contributed by atoms with E-state index in [9.17, 15) is 9.59 Å². The van der Waals surface area contributed by atoms with Crippen LogP contribution in [0.2, 0.25) is 0 Å². The maximum absolute atomic E-state index is 11.7. The minimum Gasteiger partial charge on any atom is -0.484 e. The molecule has 122 valence electrons. The van der Waals surface area contributed by atoms with Crippen LogP contribution in [0.5, 0.6) is 5.75 Å². The molecule has 2 rings (SSSR count). The van der Waals surface area contributed by atoms with Crippen LogP contribution in [0.15, 0.2) is 40.9 Å². The molecule has 0 fully saturated rings. The Morgan fingerprint density at radius 2 is 1.74 bits per heavy atom. The van der Waals surface area contributed by atoms with Crippen molar-refractivity contribution < 1.29 is 14.3 Å². The summed E-state index contributed by atoms with van der Waals surface area (Å²) in [6, 6.07) is 10.9. The van der Waals surface area contributed by atoms with Gasteiger partial charge >= 0.3 is 6.03 Å². The molecule has 0 aliphatic carbocycles. The topological polar surface area (TPSA) is 67.4 Å². The Bertz CT molecular complexity index is 738. The number of hydrogen-bond donors (Lipinski definition) is 2. The fraction of sp³-hybridized carbons (Fsp3) is 0.294. The lowest BCUT2D eigenvalue weighted by atomic mass is 10.1. The third kappa shape index (κ3) is 5.56. The second-order valence-electron chi connectivity index (χ2n) is 6.19. The van der Waals surface area contributed by atoms with Gasteiger partial charge < -0.3 is 10.1 Å². The predicted octanol–water partition coefficient (Wildman–Crippen LogP) is 3.61. The molecule has 3 amide bonds. The van der Waals surface area contributed by atoms with E-state index in [0.717, 1.165) is 15.2 Å². The van der Waals surface area contributed by atoms with Crippen molar-refractivity contribution in [3.8, 4) is 5.75 Å². The Morgan fingerprint density at radius 3 is 2.43 bits per heavy atom. The lowest BCUT2D eigenvalue weighted by Crippen LogP contribution is -2.49. The number of carbonyl (C=O) groups is 2. The molecule has 0 spiro atoms. The molecule has 0 unspecified atom stereocenters. The van der Waals surface area contributed by atoms with E-state index < -0.39 is 17.5 Å². The third-order valence-electron chi connectivity index (χ3n) is 2.89. The fourth-order valence-corrected chi connectivity index (χ4v) is 2.35. The number of carbonyl (C=O) groups excluding carboxylic acids is 2. The molecule has 6 heteroatoms. The number of imide groups is 1. The van der Waals surface area contributed by atoms with Crippen LogP contribution in [-0.2, 0) is 4.79 Å². The van der Waals surface area contributed by atoms with Gasteiger partial charge in [0.2, 0.25) is 0 Å². The molecule has 5 nitrogen and oxygen atoms in total. The summed E-state index contributed by atoms with van der Waals surface area (Å²) in [5.74, 6) is 0.0776. The third-order valence-corrected chi connectivity index (χ3v) is 3.38. The van der Waals surface area contributed by atoms with Crippen molar-refractivity contribution in [2.75, 3.05) is 6.61 Å². The van der Waals surface area contributed by atoms with Crippen molar-refractivity contribution in [1.29, 1.82) is 0 Å². The normalized spacial score (nSPS) is 11.1. The molecule has 0 radical (unpaired) electrons. The SMILES string of the molecule is CC(C)(C)NC(=O)NC(=O)COc1ccc2cc(Br)ccc2c1. The van der Waals surface area contributed by atoms with Crippen LogP contribution in [0.4, 0.5) is 4.79 Å². The van der Waals surface area contributed by atoms with E-state index in [2.05, 4.69) is 26.6 Å². The average Bonchev–Trinajstić information content (AvgIpc) is 2.42. The smallest absolute Gasteiger partial charge is 0.321 e. The Hall–Kier alpha value is -2.08. The van der Waals surface area contributed by atoms with Gasteiger partial charge in [0.1, 0.15) is 5.75 Å². The summed E-state index contributed by atoms with van der Waals surface area (Å²) >= 11 is 3.42. The van der Waals surface area contributed by atoms with Gasteiger partial charge in [0.25, 0.3) is 5.91 Å². The van der Waals surface area contributed by atoms with Crippen LogP contribution in [-0.4, -0.2) is 24.1 Å². The van der Waals surface area contributed by atoms with Gasteiger partial charge in [-0.2, -0.15) is 0 Å². The lowest BCUT2D eigenvalue weighted by molar-refractivity contribution is -0.122. The summed E-state index contributed by atoms with van der Waals surface area (Å²) in [4.78, 5) is 23.3. The van der Waals surface area contributed by atoms with Crippen molar-refractivity contribution in [1.82, 2.24) is 10.6 Å². The highest BCUT2D eigenvalue weighted by Crippen LogP contribution is 2.24. The number of hydrogen-bond acceptors (Lipinski definition) is 3. The molecule has 0 aliphatic rings. The zero-order valence-corrected chi connectivity index (χ0v) is 14.9. The highest BCUT2D eigenvalue weighted by Gasteiger charge is 2.15. The first kappa shape index (κ1) is 17.3. The van der Waals surface area contributed by atoms with E-state index in [1.807, 2.05) is 51.1 Å². The number of ether oxygens (including phenoxy) is 1. The average molecular weight is 379 g/mol. The number of benzene rings is 2. The van der Waals surface area contributed by atoms with Crippen molar-refractivity contribution in [3.63, 3.8) is 0 Å². The van der Waals surface area contributed by atoms with Gasteiger partial charge in [0, 0.05) is 10.0 Å². The molecule has 2 N–H and O–H groups in total. The van der Waals surface area contributed by atoms with Gasteiger partial charge in [-0.1, -0.05) is 28.1 Å². The van der Waals surface area contributed by atoms with Gasteiger partial charge in [-0.15, -0.1) is 0 Å². The number of amides is 3. The van der Waals surface area contributed by atoms with Crippen molar-refractivity contribution in [2.45, 2.75) is 26.3 Å². The van der Waals surface area contributed by atoms with E-state index in [-0.39, 0.29) is 6.61 Å². The number of fused-ring (bicyclic) bond motifs is 1. The molecule has 0 heterocycles. The van der Waals surface area contributed by atoms with Gasteiger partial charge in [-0.3, -0.25) is 10.1 Å². The van der Waals surface area contributed by atoms with E-state index >= 15 is 0 Å². The van der Waals surface area contributed by atoms with Crippen molar-refractivity contribution in [3.05, 3.63) is 40.9 Å². The Labute approximate surface area is 143 Å². The first-order valence-corrected chi connectivity index (χ1v) is 7.96. The minimum atomic E-state index is -0.533. The Kier molecular flexibility index (Phi) is 5.26. The number of rotatable bonds is 3. The number of urea groups is 1. The predicted molar refractivity (Wildman–Crippen MR) is 93.6 cm³/mol. The van der Waals surface area contributed by atoms with Crippen molar-refractivity contribution >= 4 is 38.6 Å². The summed E-state index contributed by atoms with van der Waals surface area (Å²) < 4.78 is 6.44. The van der Waals surface area contributed by atoms with Gasteiger partial charge in [-0.25, -0.2) is 4.79 Å². The van der Waals surface area contributed by atoms with Crippen LogP contribution in [0.1, 0.15) is 20.8 Å². The summed E-state index contributed by atoms with van der Waals surface area (Å²) in [6.45, 7) is 5.28. The molecule has 0 atom stereocenters. The molecule has 0 aromatic heterocycles. The van der Waals surface area contributed by atoms with E-state index in [1.165, 1.54) is 0 Å². The molecule has 2 aromatic carbocycles. The number of halogens is 1.